The quantitative estimate of drug-likeness (QED) is 0.346. The van der Waals surface area contributed by atoms with E-state index >= 15 is 0 Å². The Hall–Kier alpha value is -2.32. The van der Waals surface area contributed by atoms with Crippen LogP contribution in [-0.2, 0) is 10.8 Å². The fraction of sp³-hybridized carbons (Fsp3) is 0.452. The lowest BCUT2D eigenvalue weighted by molar-refractivity contribution is -0.438. The Morgan fingerprint density at radius 3 is 2.38 bits per heavy atom. The van der Waals surface area contributed by atoms with Crippen LogP contribution in [0.5, 0.6) is 0 Å². The molecule has 4 rings (SSSR count). The highest BCUT2D eigenvalue weighted by Crippen LogP contribution is 2.48. The summed E-state index contributed by atoms with van der Waals surface area (Å²) < 4.78 is 2.54. The summed E-state index contributed by atoms with van der Waals surface area (Å²) in [6.45, 7) is 16.0. The maximum atomic E-state index is 6.41. The Kier molecular flexibility index (Phi) is 7.10. The van der Waals surface area contributed by atoms with Crippen LogP contribution in [0, 0.1) is 0 Å². The van der Waals surface area contributed by atoms with Gasteiger partial charge in [-0.25, -0.2) is 0 Å². The largest absolute Gasteiger partial charge is 0.344 e. The summed E-state index contributed by atoms with van der Waals surface area (Å²) in [6.07, 6.45) is 11.7. The smallest absolute Gasteiger partial charge is 0.209 e. The maximum absolute atomic E-state index is 6.41. The number of benzene rings is 2. The van der Waals surface area contributed by atoms with E-state index in [-0.39, 0.29) is 10.8 Å². The first-order valence-electron chi connectivity index (χ1n) is 12.9. The molecule has 180 valence electrons. The van der Waals surface area contributed by atoms with Crippen LogP contribution in [0.15, 0.2) is 66.4 Å². The van der Waals surface area contributed by atoms with Gasteiger partial charge in [0, 0.05) is 52.5 Å². The van der Waals surface area contributed by atoms with Gasteiger partial charge in [0.15, 0.2) is 5.71 Å². The highest BCUT2D eigenvalue weighted by atomic mass is 35.5. The number of hydrogen-bond acceptors (Lipinski definition) is 1. The molecular weight excluding hydrogens is 436 g/mol. The summed E-state index contributed by atoms with van der Waals surface area (Å²) in [6, 6.07) is 15.3. The fourth-order valence-electron chi connectivity index (χ4n) is 5.63. The summed E-state index contributed by atoms with van der Waals surface area (Å²) in [4.78, 5) is 2.51. The minimum Gasteiger partial charge on any atom is -0.344 e. The molecule has 0 aliphatic carbocycles. The van der Waals surface area contributed by atoms with Gasteiger partial charge in [-0.3, -0.25) is 0 Å². The van der Waals surface area contributed by atoms with Crippen molar-refractivity contribution in [1.29, 1.82) is 0 Å². The summed E-state index contributed by atoms with van der Waals surface area (Å²) in [5.41, 5.74) is 8.04. The van der Waals surface area contributed by atoms with E-state index in [1.54, 1.807) is 0 Å². The van der Waals surface area contributed by atoms with Crippen molar-refractivity contribution in [1.82, 2.24) is 0 Å². The van der Waals surface area contributed by atoms with Crippen molar-refractivity contribution >= 4 is 28.7 Å². The molecule has 0 bridgehead atoms. The standard InChI is InChI=1S/C31H40ClN2/c1-7-9-20-33-26-15-12-11-14-24(26)30(3,4)28(33)16-13-17-29-31(5,6)25-22-23(32)18-19-27(25)34(29)21-10-8-2/h11-19,22H,7-10,20-21H2,1-6H3/q+1. The molecule has 2 heterocycles. The van der Waals surface area contributed by atoms with E-state index in [9.17, 15) is 0 Å². The highest BCUT2D eigenvalue weighted by molar-refractivity contribution is 6.30. The molecule has 0 amide bonds. The Morgan fingerprint density at radius 1 is 0.912 bits per heavy atom. The summed E-state index contributed by atoms with van der Waals surface area (Å²) in [7, 11) is 0. The van der Waals surface area contributed by atoms with E-state index in [0.717, 1.165) is 18.1 Å². The highest BCUT2D eigenvalue weighted by Gasteiger charge is 2.44. The van der Waals surface area contributed by atoms with E-state index in [2.05, 4.69) is 106 Å². The zero-order chi connectivity index (χ0) is 24.5. The van der Waals surface area contributed by atoms with Gasteiger partial charge < -0.3 is 4.90 Å². The van der Waals surface area contributed by atoms with Crippen molar-refractivity contribution in [3.05, 3.63) is 82.5 Å². The third-order valence-corrected chi connectivity index (χ3v) is 7.87. The number of anilines is 1. The van der Waals surface area contributed by atoms with Crippen LogP contribution >= 0.6 is 11.6 Å². The average molecular weight is 476 g/mol. The molecule has 2 nitrogen and oxygen atoms in total. The maximum Gasteiger partial charge on any atom is 0.209 e. The van der Waals surface area contributed by atoms with Crippen molar-refractivity contribution in [3.8, 4) is 0 Å². The molecule has 34 heavy (non-hydrogen) atoms. The van der Waals surface area contributed by atoms with E-state index < -0.39 is 0 Å². The number of unbranched alkanes of at least 4 members (excludes halogenated alkanes) is 2. The second-order valence-corrected chi connectivity index (χ2v) is 11.2. The third kappa shape index (κ3) is 4.26. The van der Waals surface area contributed by atoms with E-state index in [1.165, 1.54) is 59.6 Å². The summed E-state index contributed by atoms with van der Waals surface area (Å²) >= 11 is 6.41. The summed E-state index contributed by atoms with van der Waals surface area (Å²) in [5.74, 6) is 0. The van der Waals surface area contributed by atoms with E-state index in [4.69, 9.17) is 11.6 Å². The van der Waals surface area contributed by atoms with Gasteiger partial charge in [-0.05, 0) is 50.1 Å². The summed E-state index contributed by atoms with van der Waals surface area (Å²) in [5, 5.41) is 0.812. The molecule has 0 fully saturated rings. The molecule has 0 unspecified atom stereocenters. The number of halogens is 1. The van der Waals surface area contributed by atoms with Gasteiger partial charge in [0.1, 0.15) is 6.54 Å². The lowest BCUT2D eigenvalue weighted by Crippen LogP contribution is -2.28. The molecule has 0 N–H and O–H groups in total. The minimum absolute atomic E-state index is 0.0110. The van der Waals surface area contributed by atoms with Gasteiger partial charge in [0.25, 0.3) is 0 Å². The van der Waals surface area contributed by atoms with E-state index in [0.29, 0.717) is 0 Å². The number of nitrogens with zero attached hydrogens (tertiary/aromatic N) is 2. The van der Waals surface area contributed by atoms with Crippen LogP contribution < -0.4 is 4.90 Å². The zero-order valence-electron chi connectivity index (χ0n) is 21.8. The first-order valence-corrected chi connectivity index (χ1v) is 13.3. The molecule has 0 atom stereocenters. The first kappa shape index (κ1) is 24.8. The Balaban J connectivity index is 1.75. The minimum atomic E-state index is -0.0843. The Labute approximate surface area is 211 Å². The number of allylic oxidation sites excluding steroid dienone is 4. The predicted octanol–water partition coefficient (Wildman–Crippen LogP) is 8.55. The second kappa shape index (κ2) is 9.74. The van der Waals surface area contributed by atoms with Crippen LogP contribution in [0.1, 0.15) is 78.4 Å². The van der Waals surface area contributed by atoms with Gasteiger partial charge in [0.05, 0.1) is 5.41 Å². The first-order chi connectivity index (χ1) is 16.2. The van der Waals surface area contributed by atoms with Crippen LogP contribution in [0.3, 0.4) is 0 Å². The molecule has 2 aromatic rings. The molecule has 2 aliphatic rings. The van der Waals surface area contributed by atoms with Gasteiger partial charge in [-0.2, -0.15) is 4.58 Å². The molecule has 0 radical (unpaired) electrons. The SMILES string of the molecule is CCCCN1/C(=C/C=C/C2=[N+](CCCC)c3ccccc3C2(C)C)C(C)(C)c2cc(Cl)ccc21. The number of fused-ring (bicyclic) bond motifs is 2. The molecule has 0 spiro atoms. The molecule has 2 aliphatic heterocycles. The molecule has 0 saturated heterocycles. The lowest BCUT2D eigenvalue weighted by atomic mass is 9.81. The van der Waals surface area contributed by atoms with Crippen molar-refractivity contribution in [2.45, 2.75) is 78.1 Å². The van der Waals surface area contributed by atoms with Crippen molar-refractivity contribution in [2.75, 3.05) is 18.0 Å². The van der Waals surface area contributed by atoms with Gasteiger partial charge >= 0.3 is 0 Å². The zero-order valence-corrected chi connectivity index (χ0v) is 22.5. The molecule has 0 saturated carbocycles. The predicted molar refractivity (Wildman–Crippen MR) is 148 cm³/mol. The number of rotatable bonds is 8. The molecule has 2 aromatic carbocycles. The van der Waals surface area contributed by atoms with Gasteiger partial charge in [-0.1, -0.05) is 76.4 Å². The van der Waals surface area contributed by atoms with Crippen LogP contribution in [0.25, 0.3) is 0 Å². The molecule has 0 aromatic heterocycles. The second-order valence-electron chi connectivity index (χ2n) is 10.7. The Morgan fingerprint density at radius 2 is 1.65 bits per heavy atom. The molecule has 3 heteroatoms. The van der Waals surface area contributed by atoms with Gasteiger partial charge in [0.2, 0.25) is 5.69 Å². The number of hydrogen-bond donors (Lipinski definition) is 0. The monoisotopic (exact) mass is 475 g/mol. The normalized spacial score (nSPS) is 19.4. The number of para-hydroxylation sites is 1. The van der Waals surface area contributed by atoms with Crippen molar-refractivity contribution in [3.63, 3.8) is 0 Å². The van der Waals surface area contributed by atoms with E-state index in [1.807, 2.05) is 6.07 Å². The topological polar surface area (TPSA) is 6.25 Å². The fourth-order valence-corrected chi connectivity index (χ4v) is 5.81. The van der Waals surface area contributed by atoms with Crippen LogP contribution in [0.4, 0.5) is 11.4 Å². The third-order valence-electron chi connectivity index (χ3n) is 7.63. The molecular formula is C31H40ClN2+. The lowest BCUT2D eigenvalue weighted by Gasteiger charge is -2.27. The van der Waals surface area contributed by atoms with Crippen molar-refractivity contribution < 1.29 is 4.58 Å². The van der Waals surface area contributed by atoms with Gasteiger partial charge in [-0.15, -0.1) is 0 Å². The van der Waals surface area contributed by atoms with Crippen molar-refractivity contribution in [2.24, 2.45) is 0 Å². The van der Waals surface area contributed by atoms with Crippen LogP contribution in [-0.4, -0.2) is 23.4 Å². The Bertz CT molecular complexity index is 1150. The average Bonchev–Trinajstić information content (AvgIpc) is 3.15. The van der Waals surface area contributed by atoms with Crippen LogP contribution in [0.2, 0.25) is 5.02 Å².